The Labute approximate surface area is 197 Å². The molecule has 9 heteroatoms. The first-order chi connectivity index (χ1) is 16.0. The SMILES string of the molecule is CC(C)(C)OC(=O)C1(C(=O)CNC(=O)Nc2ccccc2C(=O)O)CCC(c2ccccc2)N1. The molecule has 34 heavy (non-hydrogen) atoms. The zero-order valence-electron chi connectivity index (χ0n) is 19.4. The quantitative estimate of drug-likeness (QED) is 0.363. The minimum Gasteiger partial charge on any atom is -0.478 e. The number of para-hydroxylation sites is 1. The Morgan fingerprint density at radius 1 is 1.06 bits per heavy atom. The van der Waals surface area contributed by atoms with Crippen LogP contribution in [0, 0.1) is 0 Å². The molecule has 0 radical (unpaired) electrons. The fraction of sp³-hybridized carbons (Fsp3) is 0.360. The molecule has 1 saturated heterocycles. The van der Waals surface area contributed by atoms with E-state index in [1.165, 1.54) is 18.2 Å². The maximum Gasteiger partial charge on any atom is 0.337 e. The van der Waals surface area contributed by atoms with Gasteiger partial charge in [0.05, 0.1) is 17.8 Å². The summed E-state index contributed by atoms with van der Waals surface area (Å²) in [7, 11) is 0. The second kappa shape index (κ2) is 10.0. The van der Waals surface area contributed by atoms with Crippen molar-refractivity contribution in [2.45, 2.75) is 50.8 Å². The number of carbonyl (C=O) groups is 4. The van der Waals surface area contributed by atoms with Crippen LogP contribution in [0.3, 0.4) is 0 Å². The molecule has 180 valence electrons. The number of benzene rings is 2. The molecule has 4 N–H and O–H groups in total. The summed E-state index contributed by atoms with van der Waals surface area (Å²) in [5.74, 6) is -2.43. The summed E-state index contributed by atoms with van der Waals surface area (Å²) in [5.41, 5.74) is -1.47. The van der Waals surface area contributed by atoms with Crippen molar-refractivity contribution in [2.24, 2.45) is 0 Å². The topological polar surface area (TPSA) is 134 Å². The number of hydrogen-bond donors (Lipinski definition) is 4. The van der Waals surface area contributed by atoms with Crippen molar-refractivity contribution in [1.29, 1.82) is 0 Å². The number of rotatable bonds is 7. The first-order valence-electron chi connectivity index (χ1n) is 11.0. The van der Waals surface area contributed by atoms with Gasteiger partial charge in [-0.3, -0.25) is 10.1 Å². The van der Waals surface area contributed by atoms with Crippen LogP contribution in [-0.2, 0) is 14.3 Å². The van der Waals surface area contributed by atoms with E-state index in [1.54, 1.807) is 26.8 Å². The van der Waals surface area contributed by atoms with E-state index in [0.717, 1.165) is 5.56 Å². The van der Waals surface area contributed by atoms with E-state index in [0.29, 0.717) is 6.42 Å². The zero-order valence-corrected chi connectivity index (χ0v) is 19.4. The highest BCUT2D eigenvalue weighted by Gasteiger charge is 2.53. The lowest BCUT2D eigenvalue weighted by Gasteiger charge is -2.31. The highest BCUT2D eigenvalue weighted by molar-refractivity contribution is 6.11. The molecule has 0 aromatic heterocycles. The minimum absolute atomic E-state index is 0.0858. The molecular formula is C25H29N3O6. The van der Waals surface area contributed by atoms with Gasteiger partial charge in [0.15, 0.2) is 11.3 Å². The average Bonchev–Trinajstić information content (AvgIpc) is 3.24. The van der Waals surface area contributed by atoms with Crippen molar-refractivity contribution in [2.75, 3.05) is 11.9 Å². The molecule has 0 saturated carbocycles. The third kappa shape index (κ3) is 5.79. The number of nitrogens with one attached hydrogen (secondary N) is 3. The van der Waals surface area contributed by atoms with Crippen LogP contribution in [0.25, 0.3) is 0 Å². The lowest BCUT2D eigenvalue weighted by Crippen LogP contribution is -2.59. The molecular weight excluding hydrogens is 438 g/mol. The molecule has 1 aliphatic heterocycles. The summed E-state index contributed by atoms with van der Waals surface area (Å²) in [6, 6.07) is 14.4. The number of esters is 1. The molecule has 3 rings (SSSR count). The van der Waals surface area contributed by atoms with E-state index in [1.807, 2.05) is 30.3 Å². The number of hydrogen-bond acceptors (Lipinski definition) is 6. The number of carboxylic acids is 1. The molecule has 0 spiro atoms. The third-order valence-electron chi connectivity index (χ3n) is 5.47. The van der Waals surface area contributed by atoms with Crippen molar-refractivity contribution in [1.82, 2.24) is 10.6 Å². The Bertz CT molecular complexity index is 1080. The van der Waals surface area contributed by atoms with Crippen molar-refractivity contribution in [3.05, 3.63) is 65.7 Å². The van der Waals surface area contributed by atoms with Gasteiger partial charge in [-0.15, -0.1) is 0 Å². The van der Waals surface area contributed by atoms with Crippen LogP contribution in [-0.4, -0.2) is 46.5 Å². The van der Waals surface area contributed by atoms with Crippen LogP contribution in [0.2, 0.25) is 0 Å². The Hall–Kier alpha value is -3.72. The van der Waals surface area contributed by atoms with Crippen molar-refractivity contribution < 1.29 is 29.0 Å². The number of carboxylic acid groups (broad SMARTS) is 1. The number of amides is 2. The summed E-state index contributed by atoms with van der Waals surface area (Å²) in [5, 5.41) is 17.3. The summed E-state index contributed by atoms with van der Waals surface area (Å²) in [6.45, 7) is 4.71. The normalized spacial score (nSPS) is 19.8. The van der Waals surface area contributed by atoms with Gasteiger partial charge in [0, 0.05) is 6.04 Å². The predicted molar refractivity (Wildman–Crippen MR) is 126 cm³/mol. The monoisotopic (exact) mass is 467 g/mol. The Balaban J connectivity index is 1.74. The maximum absolute atomic E-state index is 13.3. The van der Waals surface area contributed by atoms with Crippen LogP contribution in [0.4, 0.5) is 10.5 Å². The molecule has 1 fully saturated rings. The Morgan fingerprint density at radius 2 is 1.71 bits per heavy atom. The number of aromatic carboxylic acids is 1. The van der Waals surface area contributed by atoms with Gasteiger partial charge < -0.3 is 20.5 Å². The summed E-state index contributed by atoms with van der Waals surface area (Å²) in [4.78, 5) is 50.2. The number of anilines is 1. The smallest absolute Gasteiger partial charge is 0.337 e. The second-order valence-corrected chi connectivity index (χ2v) is 9.14. The summed E-state index contributed by atoms with van der Waals surface area (Å²) in [6.07, 6.45) is 0.749. The molecule has 2 aromatic carbocycles. The van der Waals surface area contributed by atoms with Crippen LogP contribution < -0.4 is 16.0 Å². The Kier molecular flexibility index (Phi) is 7.36. The van der Waals surface area contributed by atoms with Gasteiger partial charge in [0.2, 0.25) is 0 Å². The standard InChI is InChI=1S/C25H29N3O6/c1-24(2,3)34-22(32)25(14-13-18(28-25)16-9-5-4-6-10-16)20(29)15-26-23(33)27-19-12-8-7-11-17(19)21(30)31/h4-12,18,28H,13-15H2,1-3H3,(H,30,31)(H2,26,27,33). The van der Waals surface area contributed by atoms with Crippen molar-refractivity contribution in [3.8, 4) is 0 Å². The number of ketones is 1. The minimum atomic E-state index is -1.61. The molecule has 2 aromatic rings. The van der Waals surface area contributed by atoms with Crippen LogP contribution in [0.1, 0.15) is 55.6 Å². The molecule has 2 amide bonds. The number of urea groups is 1. The lowest BCUT2D eigenvalue weighted by molar-refractivity contribution is -0.165. The summed E-state index contributed by atoms with van der Waals surface area (Å²) < 4.78 is 5.56. The number of ether oxygens (including phenoxy) is 1. The first kappa shape index (κ1) is 24.9. The molecule has 2 unspecified atom stereocenters. The van der Waals surface area contributed by atoms with Gasteiger partial charge in [-0.1, -0.05) is 42.5 Å². The van der Waals surface area contributed by atoms with Gasteiger partial charge in [-0.2, -0.15) is 0 Å². The van der Waals surface area contributed by atoms with Crippen LogP contribution in [0.15, 0.2) is 54.6 Å². The molecule has 0 bridgehead atoms. The van der Waals surface area contributed by atoms with E-state index < -0.39 is 41.4 Å². The Morgan fingerprint density at radius 3 is 2.35 bits per heavy atom. The fourth-order valence-electron chi connectivity index (χ4n) is 3.85. The largest absolute Gasteiger partial charge is 0.478 e. The van der Waals surface area contributed by atoms with Crippen LogP contribution >= 0.6 is 0 Å². The van der Waals surface area contributed by atoms with Crippen molar-refractivity contribution in [3.63, 3.8) is 0 Å². The third-order valence-corrected chi connectivity index (χ3v) is 5.47. The molecule has 1 aliphatic rings. The van der Waals surface area contributed by atoms with E-state index in [9.17, 15) is 24.3 Å². The van der Waals surface area contributed by atoms with Crippen molar-refractivity contribution >= 4 is 29.4 Å². The van der Waals surface area contributed by atoms with Gasteiger partial charge in [0.25, 0.3) is 0 Å². The maximum atomic E-state index is 13.3. The molecule has 2 atom stereocenters. The average molecular weight is 468 g/mol. The van der Waals surface area contributed by atoms with E-state index >= 15 is 0 Å². The molecule has 0 aliphatic carbocycles. The van der Waals surface area contributed by atoms with Gasteiger partial charge in [-0.05, 0) is 51.3 Å². The summed E-state index contributed by atoms with van der Waals surface area (Å²) >= 11 is 0. The van der Waals surface area contributed by atoms with E-state index in [4.69, 9.17) is 4.74 Å². The predicted octanol–water partition coefficient (Wildman–Crippen LogP) is 3.28. The van der Waals surface area contributed by atoms with Crippen LogP contribution in [0.5, 0.6) is 0 Å². The fourth-order valence-corrected chi connectivity index (χ4v) is 3.85. The van der Waals surface area contributed by atoms with E-state index in [2.05, 4.69) is 16.0 Å². The highest BCUT2D eigenvalue weighted by atomic mass is 16.6. The number of carbonyl (C=O) groups excluding carboxylic acids is 3. The van der Waals surface area contributed by atoms with Gasteiger partial charge in [-0.25, -0.2) is 14.4 Å². The second-order valence-electron chi connectivity index (χ2n) is 9.14. The first-order valence-corrected chi connectivity index (χ1v) is 11.0. The lowest BCUT2D eigenvalue weighted by atomic mass is 9.91. The zero-order chi connectivity index (χ0) is 24.9. The van der Waals surface area contributed by atoms with Gasteiger partial charge >= 0.3 is 18.0 Å². The molecule has 9 nitrogen and oxygen atoms in total. The highest BCUT2D eigenvalue weighted by Crippen LogP contribution is 2.35. The van der Waals surface area contributed by atoms with E-state index in [-0.39, 0.29) is 23.7 Å². The van der Waals surface area contributed by atoms with Gasteiger partial charge in [0.1, 0.15) is 5.60 Å². The molecule has 1 heterocycles. The number of Topliss-reactive ketones (excluding diaryl/α,β-unsaturated/α-hetero) is 1.